The zero-order chi connectivity index (χ0) is 10.9. The number of hydrogen-bond acceptors (Lipinski definition) is 5. The molecule has 0 radical (unpaired) electrons. The molecule has 0 fully saturated rings. The minimum atomic E-state index is -0.463. The molecule has 0 amide bonds. The lowest BCUT2D eigenvalue weighted by Gasteiger charge is -2.14. The lowest BCUT2D eigenvalue weighted by Crippen LogP contribution is -2.37. The molecule has 2 atom stereocenters. The van der Waals surface area contributed by atoms with Gasteiger partial charge in [-0.1, -0.05) is 20.3 Å². The van der Waals surface area contributed by atoms with Gasteiger partial charge in [0.25, 0.3) is 0 Å². The Labute approximate surface area is 77.8 Å². The molecule has 3 N–H and O–H groups in total. The molecule has 0 aromatic heterocycles. The Bertz CT molecular complexity index is 176. The monoisotopic (exact) mass is 188 g/mol. The van der Waals surface area contributed by atoms with Crippen LogP contribution in [0.5, 0.6) is 0 Å². The van der Waals surface area contributed by atoms with Crippen LogP contribution in [0.4, 0.5) is 0 Å². The van der Waals surface area contributed by atoms with Gasteiger partial charge in [0.15, 0.2) is 0 Å². The smallest absolute Gasteiger partial charge is 0.322 e. The SMILES string of the molecule is CC[C@H](C)[C@H](N)C(=O)OC.N=C=O. The number of nitrogens with two attached hydrogens (primary N) is 1. The number of ether oxygens (including phenoxy) is 1. The molecule has 0 aromatic carbocycles. The van der Waals surface area contributed by atoms with Crippen molar-refractivity contribution >= 4 is 12.0 Å². The highest BCUT2D eigenvalue weighted by molar-refractivity contribution is 5.75. The maximum atomic E-state index is 10.8. The first kappa shape index (κ1) is 14.3. The number of rotatable bonds is 3. The average molecular weight is 188 g/mol. The van der Waals surface area contributed by atoms with Gasteiger partial charge in [-0.05, 0) is 5.92 Å². The first-order valence-corrected chi connectivity index (χ1v) is 3.92. The van der Waals surface area contributed by atoms with E-state index in [0.717, 1.165) is 12.5 Å². The highest BCUT2D eigenvalue weighted by Gasteiger charge is 2.19. The second-order valence-corrected chi connectivity index (χ2v) is 2.54. The summed E-state index contributed by atoms with van der Waals surface area (Å²) in [6.07, 6.45) is 1.65. The highest BCUT2D eigenvalue weighted by Crippen LogP contribution is 2.05. The Hall–Kier alpha value is -1.19. The Morgan fingerprint density at radius 2 is 2.08 bits per heavy atom. The number of esters is 1. The number of methoxy groups -OCH3 is 1. The maximum absolute atomic E-state index is 10.8. The maximum Gasteiger partial charge on any atom is 0.322 e. The minimum absolute atomic E-state index is 0.201. The normalized spacial score (nSPS) is 12.9. The summed E-state index contributed by atoms with van der Waals surface area (Å²) in [5.74, 6) is -0.123. The van der Waals surface area contributed by atoms with Crippen molar-refractivity contribution in [3.8, 4) is 0 Å². The van der Waals surface area contributed by atoms with Crippen LogP contribution in [0.15, 0.2) is 0 Å². The lowest BCUT2D eigenvalue weighted by molar-refractivity contribution is -0.143. The van der Waals surface area contributed by atoms with E-state index >= 15 is 0 Å². The third-order valence-corrected chi connectivity index (χ3v) is 1.73. The molecule has 0 aliphatic rings. The van der Waals surface area contributed by atoms with Crippen LogP contribution in [0.2, 0.25) is 0 Å². The number of nitrogens with one attached hydrogen (secondary N) is 1. The van der Waals surface area contributed by atoms with E-state index < -0.39 is 6.04 Å². The Balaban J connectivity index is 0. The molecular weight excluding hydrogens is 172 g/mol. The zero-order valence-corrected chi connectivity index (χ0v) is 8.16. The predicted molar refractivity (Wildman–Crippen MR) is 47.9 cm³/mol. The first-order valence-electron chi connectivity index (χ1n) is 3.92. The fraction of sp³-hybridized carbons (Fsp3) is 0.750. The number of carbonyl (C=O) groups is 1. The van der Waals surface area contributed by atoms with Gasteiger partial charge in [0.1, 0.15) is 6.04 Å². The van der Waals surface area contributed by atoms with Crippen molar-refractivity contribution in [2.24, 2.45) is 11.7 Å². The molecule has 76 valence electrons. The second kappa shape index (κ2) is 8.90. The van der Waals surface area contributed by atoms with Gasteiger partial charge < -0.3 is 10.5 Å². The van der Waals surface area contributed by atoms with Gasteiger partial charge in [-0.15, -0.1) is 0 Å². The third kappa shape index (κ3) is 7.18. The van der Waals surface area contributed by atoms with Gasteiger partial charge in [-0.3, -0.25) is 4.79 Å². The van der Waals surface area contributed by atoms with Crippen LogP contribution >= 0.6 is 0 Å². The number of isocyanates is 1. The zero-order valence-electron chi connectivity index (χ0n) is 8.16. The van der Waals surface area contributed by atoms with Crippen LogP contribution in [0.3, 0.4) is 0 Å². The quantitative estimate of drug-likeness (QED) is 0.381. The molecule has 0 aliphatic carbocycles. The molecule has 0 aliphatic heterocycles. The van der Waals surface area contributed by atoms with Crippen LogP contribution in [0.1, 0.15) is 20.3 Å². The van der Waals surface area contributed by atoms with E-state index in [-0.39, 0.29) is 11.9 Å². The summed E-state index contributed by atoms with van der Waals surface area (Å²) in [6.45, 7) is 3.93. The fourth-order valence-electron chi connectivity index (χ4n) is 0.622. The van der Waals surface area contributed by atoms with Gasteiger partial charge in [0.2, 0.25) is 6.08 Å². The molecule has 13 heavy (non-hydrogen) atoms. The van der Waals surface area contributed by atoms with Crippen LogP contribution in [-0.2, 0) is 14.3 Å². The molecule has 0 spiro atoms. The molecule has 0 saturated carbocycles. The van der Waals surface area contributed by atoms with Crippen LogP contribution in [0.25, 0.3) is 0 Å². The first-order chi connectivity index (χ1) is 6.04. The summed E-state index contributed by atoms with van der Waals surface area (Å²) >= 11 is 0. The predicted octanol–water partition coefficient (Wildman–Crippen LogP) is 0.434. The molecular formula is C8H16N2O3. The second-order valence-electron chi connectivity index (χ2n) is 2.54. The number of hydrogen-bond donors (Lipinski definition) is 2. The molecule has 0 heterocycles. The van der Waals surface area contributed by atoms with Crippen molar-refractivity contribution in [3.05, 3.63) is 0 Å². The van der Waals surface area contributed by atoms with Crippen molar-refractivity contribution in [2.75, 3.05) is 7.11 Å². The van der Waals surface area contributed by atoms with E-state index in [1.165, 1.54) is 7.11 Å². The van der Waals surface area contributed by atoms with Gasteiger partial charge in [-0.2, -0.15) is 0 Å². The topological polar surface area (TPSA) is 93.2 Å². The third-order valence-electron chi connectivity index (χ3n) is 1.73. The van der Waals surface area contributed by atoms with E-state index in [1.54, 1.807) is 0 Å². The van der Waals surface area contributed by atoms with Gasteiger partial charge in [0, 0.05) is 0 Å². The summed E-state index contributed by atoms with van der Waals surface area (Å²) in [5, 5.41) is 5.40. The van der Waals surface area contributed by atoms with E-state index in [0.29, 0.717) is 0 Å². The largest absolute Gasteiger partial charge is 0.468 e. The van der Waals surface area contributed by atoms with Crippen molar-refractivity contribution in [2.45, 2.75) is 26.3 Å². The summed E-state index contributed by atoms with van der Waals surface area (Å²) in [7, 11) is 1.35. The lowest BCUT2D eigenvalue weighted by atomic mass is 10.0. The summed E-state index contributed by atoms with van der Waals surface area (Å²) in [4.78, 5) is 19.1. The highest BCUT2D eigenvalue weighted by atomic mass is 16.5. The Morgan fingerprint density at radius 3 is 2.31 bits per heavy atom. The molecule has 0 saturated heterocycles. The van der Waals surface area contributed by atoms with Gasteiger partial charge >= 0.3 is 5.97 Å². The van der Waals surface area contributed by atoms with Crippen molar-refractivity contribution in [1.29, 1.82) is 5.41 Å². The molecule has 5 heteroatoms. The van der Waals surface area contributed by atoms with Crippen molar-refractivity contribution in [3.63, 3.8) is 0 Å². The van der Waals surface area contributed by atoms with E-state index in [4.69, 9.17) is 15.9 Å². The van der Waals surface area contributed by atoms with Crippen LogP contribution in [-0.4, -0.2) is 25.2 Å². The van der Waals surface area contributed by atoms with Crippen molar-refractivity contribution < 1.29 is 14.3 Å². The van der Waals surface area contributed by atoms with Crippen LogP contribution in [0, 0.1) is 11.3 Å². The molecule has 0 unspecified atom stereocenters. The number of carbonyl (C=O) groups excluding carboxylic acids is 2. The minimum Gasteiger partial charge on any atom is -0.468 e. The van der Waals surface area contributed by atoms with Gasteiger partial charge in [0.05, 0.1) is 7.11 Å². The van der Waals surface area contributed by atoms with E-state index in [2.05, 4.69) is 4.74 Å². The van der Waals surface area contributed by atoms with Crippen LogP contribution < -0.4 is 5.73 Å². The Morgan fingerprint density at radius 1 is 1.69 bits per heavy atom. The summed E-state index contributed by atoms with van der Waals surface area (Å²) in [6, 6.07) is -0.463. The Kier molecular flexibility index (Phi) is 9.82. The van der Waals surface area contributed by atoms with E-state index in [9.17, 15) is 4.79 Å². The standard InChI is InChI=1S/C7H15NO2.CHNO/c1-4-5(2)6(8)7(9)10-3;2-1-3/h5-6H,4,8H2,1-3H3;2H/t5-,6-;/m0./s1. The summed E-state index contributed by atoms with van der Waals surface area (Å²) in [5.41, 5.74) is 5.51. The van der Waals surface area contributed by atoms with Gasteiger partial charge in [-0.25, -0.2) is 10.2 Å². The summed E-state index contributed by atoms with van der Waals surface area (Å²) < 4.78 is 4.47. The van der Waals surface area contributed by atoms with Crippen molar-refractivity contribution in [1.82, 2.24) is 0 Å². The van der Waals surface area contributed by atoms with E-state index in [1.807, 2.05) is 13.8 Å². The average Bonchev–Trinajstić information content (AvgIpc) is 2.15. The molecule has 0 aromatic rings. The molecule has 5 nitrogen and oxygen atoms in total. The molecule has 0 rings (SSSR count). The molecule has 0 bridgehead atoms. The fourth-order valence-corrected chi connectivity index (χ4v) is 0.622.